The lowest BCUT2D eigenvalue weighted by Crippen LogP contribution is -2.06. The van der Waals surface area contributed by atoms with E-state index in [1.807, 2.05) is 13.0 Å². The Labute approximate surface area is 105 Å². The number of para-hydroxylation sites is 1. The van der Waals surface area contributed by atoms with E-state index in [-0.39, 0.29) is 17.5 Å². The second kappa shape index (κ2) is 4.96. The number of hydrogen-bond acceptors (Lipinski definition) is 3. The zero-order valence-corrected chi connectivity index (χ0v) is 9.89. The first-order chi connectivity index (χ1) is 8.58. The molecule has 0 saturated heterocycles. The van der Waals surface area contributed by atoms with Gasteiger partial charge in [0.1, 0.15) is 5.75 Å². The molecule has 2 aromatic carbocycles. The quantitative estimate of drug-likeness (QED) is 0.728. The van der Waals surface area contributed by atoms with Gasteiger partial charge in [-0.25, -0.2) is 4.39 Å². The van der Waals surface area contributed by atoms with Gasteiger partial charge in [-0.05, 0) is 25.1 Å². The predicted molar refractivity (Wildman–Crippen MR) is 68.2 cm³/mol. The molecule has 0 aliphatic heterocycles. The summed E-state index contributed by atoms with van der Waals surface area (Å²) in [6.45, 7) is 1.86. The van der Waals surface area contributed by atoms with Gasteiger partial charge in [0.2, 0.25) is 0 Å². The lowest BCUT2D eigenvalue weighted by atomic mass is 10.1. The highest BCUT2D eigenvalue weighted by Crippen LogP contribution is 2.27. The van der Waals surface area contributed by atoms with Crippen molar-refractivity contribution in [2.75, 3.05) is 5.32 Å². The van der Waals surface area contributed by atoms with Crippen LogP contribution >= 0.6 is 0 Å². The van der Waals surface area contributed by atoms with Crippen molar-refractivity contribution in [3.05, 3.63) is 53.8 Å². The van der Waals surface area contributed by atoms with Gasteiger partial charge in [0.25, 0.3) is 0 Å². The molecule has 1 atom stereocenters. The maximum absolute atomic E-state index is 13.2. The average molecular weight is 247 g/mol. The van der Waals surface area contributed by atoms with E-state index < -0.39 is 5.82 Å². The first-order valence-corrected chi connectivity index (χ1v) is 5.61. The van der Waals surface area contributed by atoms with Crippen molar-refractivity contribution in [1.82, 2.24) is 0 Å². The largest absolute Gasteiger partial charge is 0.508 e. The summed E-state index contributed by atoms with van der Waals surface area (Å²) in [5, 5.41) is 21.9. The lowest BCUT2D eigenvalue weighted by molar-refractivity contribution is 0.432. The van der Waals surface area contributed by atoms with E-state index in [4.69, 9.17) is 5.11 Å². The van der Waals surface area contributed by atoms with Gasteiger partial charge in [-0.1, -0.05) is 18.2 Å². The van der Waals surface area contributed by atoms with Crippen LogP contribution in [-0.4, -0.2) is 10.2 Å². The van der Waals surface area contributed by atoms with Crippen molar-refractivity contribution < 1.29 is 14.6 Å². The van der Waals surface area contributed by atoms with E-state index in [0.29, 0.717) is 5.69 Å². The SMILES string of the molecule is CC(Nc1ccc(O)c(F)c1)c1ccccc1O. The number of phenolic OH excluding ortho intramolecular Hbond substituents is 2. The molecule has 0 bridgehead atoms. The highest BCUT2D eigenvalue weighted by molar-refractivity contribution is 5.49. The van der Waals surface area contributed by atoms with E-state index in [1.165, 1.54) is 12.1 Å². The molecule has 0 amide bonds. The number of nitrogens with one attached hydrogen (secondary N) is 1. The number of halogens is 1. The topological polar surface area (TPSA) is 52.5 Å². The van der Waals surface area contributed by atoms with Crippen LogP contribution in [0.4, 0.5) is 10.1 Å². The van der Waals surface area contributed by atoms with Gasteiger partial charge >= 0.3 is 0 Å². The van der Waals surface area contributed by atoms with Crippen LogP contribution in [0.2, 0.25) is 0 Å². The minimum absolute atomic E-state index is 0.171. The van der Waals surface area contributed by atoms with E-state index in [9.17, 15) is 9.50 Å². The van der Waals surface area contributed by atoms with E-state index in [1.54, 1.807) is 24.3 Å². The molecule has 0 radical (unpaired) electrons. The smallest absolute Gasteiger partial charge is 0.166 e. The first kappa shape index (κ1) is 12.2. The predicted octanol–water partition coefficient (Wildman–Crippen LogP) is 3.41. The Hall–Kier alpha value is -2.23. The molecule has 2 aromatic rings. The Morgan fingerprint density at radius 3 is 2.44 bits per heavy atom. The summed E-state index contributed by atoms with van der Waals surface area (Å²) in [5.74, 6) is -0.864. The number of rotatable bonds is 3. The zero-order chi connectivity index (χ0) is 13.1. The summed E-state index contributed by atoms with van der Waals surface area (Å²) in [7, 11) is 0. The van der Waals surface area contributed by atoms with Gasteiger partial charge in [0, 0.05) is 17.3 Å². The van der Waals surface area contributed by atoms with Crippen LogP contribution in [0.15, 0.2) is 42.5 Å². The molecular formula is C14H14FNO2. The molecule has 0 aliphatic carbocycles. The third-order valence-electron chi connectivity index (χ3n) is 2.73. The van der Waals surface area contributed by atoms with Crippen molar-refractivity contribution in [3.63, 3.8) is 0 Å². The maximum atomic E-state index is 13.2. The molecule has 0 aliphatic rings. The van der Waals surface area contributed by atoms with E-state index in [2.05, 4.69) is 5.32 Å². The normalized spacial score (nSPS) is 12.1. The zero-order valence-electron chi connectivity index (χ0n) is 9.89. The molecule has 0 heterocycles. The van der Waals surface area contributed by atoms with Crippen molar-refractivity contribution in [1.29, 1.82) is 0 Å². The number of benzene rings is 2. The highest BCUT2D eigenvalue weighted by atomic mass is 19.1. The molecule has 0 aromatic heterocycles. The Morgan fingerprint density at radius 1 is 1.06 bits per heavy atom. The molecule has 4 heteroatoms. The molecule has 2 rings (SSSR count). The van der Waals surface area contributed by atoms with Crippen molar-refractivity contribution in [2.45, 2.75) is 13.0 Å². The molecule has 3 N–H and O–H groups in total. The third-order valence-corrected chi connectivity index (χ3v) is 2.73. The fourth-order valence-electron chi connectivity index (χ4n) is 1.78. The third kappa shape index (κ3) is 2.53. The molecule has 3 nitrogen and oxygen atoms in total. The van der Waals surface area contributed by atoms with Gasteiger partial charge in [-0.15, -0.1) is 0 Å². The van der Waals surface area contributed by atoms with Gasteiger partial charge < -0.3 is 15.5 Å². The summed E-state index contributed by atoms with van der Waals surface area (Å²) >= 11 is 0. The van der Waals surface area contributed by atoms with Crippen LogP contribution in [0.1, 0.15) is 18.5 Å². The van der Waals surface area contributed by atoms with Gasteiger partial charge in [-0.2, -0.15) is 0 Å². The molecule has 1 unspecified atom stereocenters. The molecule has 18 heavy (non-hydrogen) atoms. The highest BCUT2D eigenvalue weighted by Gasteiger charge is 2.10. The Morgan fingerprint density at radius 2 is 1.78 bits per heavy atom. The Balaban J connectivity index is 2.19. The number of anilines is 1. The molecule has 94 valence electrons. The Kier molecular flexibility index (Phi) is 3.37. The van der Waals surface area contributed by atoms with Gasteiger partial charge in [0.15, 0.2) is 11.6 Å². The Bertz CT molecular complexity index is 557. The molecular weight excluding hydrogens is 233 g/mol. The summed E-state index contributed by atoms with van der Waals surface area (Å²) in [5.41, 5.74) is 1.27. The second-order valence-corrected chi connectivity index (χ2v) is 4.09. The lowest BCUT2D eigenvalue weighted by Gasteiger charge is -2.17. The van der Waals surface area contributed by atoms with Crippen molar-refractivity contribution in [2.24, 2.45) is 0 Å². The standard InChI is InChI=1S/C14H14FNO2/c1-9(11-4-2-3-5-13(11)17)16-10-6-7-14(18)12(15)8-10/h2-9,16-18H,1H3. The fourth-order valence-corrected chi connectivity index (χ4v) is 1.78. The summed E-state index contributed by atoms with van der Waals surface area (Å²) < 4.78 is 13.2. The summed E-state index contributed by atoms with van der Waals surface area (Å²) in [6, 6.07) is 10.9. The van der Waals surface area contributed by atoms with Crippen LogP contribution in [-0.2, 0) is 0 Å². The van der Waals surface area contributed by atoms with Crippen LogP contribution < -0.4 is 5.32 Å². The van der Waals surface area contributed by atoms with Crippen LogP contribution in [0.5, 0.6) is 11.5 Å². The number of phenols is 2. The number of aromatic hydroxyl groups is 2. The van der Waals surface area contributed by atoms with Crippen molar-refractivity contribution in [3.8, 4) is 11.5 Å². The number of hydrogen-bond donors (Lipinski definition) is 3. The first-order valence-electron chi connectivity index (χ1n) is 5.61. The van der Waals surface area contributed by atoms with Gasteiger partial charge in [0.05, 0.1) is 6.04 Å². The van der Waals surface area contributed by atoms with Crippen LogP contribution in [0.25, 0.3) is 0 Å². The maximum Gasteiger partial charge on any atom is 0.166 e. The second-order valence-electron chi connectivity index (χ2n) is 4.09. The van der Waals surface area contributed by atoms with E-state index >= 15 is 0 Å². The summed E-state index contributed by atoms with van der Waals surface area (Å²) in [6.07, 6.45) is 0. The van der Waals surface area contributed by atoms with E-state index in [0.717, 1.165) is 5.56 Å². The van der Waals surface area contributed by atoms with Gasteiger partial charge in [-0.3, -0.25) is 0 Å². The fraction of sp³-hybridized carbons (Fsp3) is 0.143. The molecule has 0 saturated carbocycles. The average Bonchev–Trinajstić information content (AvgIpc) is 2.34. The minimum Gasteiger partial charge on any atom is -0.508 e. The molecule has 0 spiro atoms. The summed E-state index contributed by atoms with van der Waals surface area (Å²) in [4.78, 5) is 0. The molecule has 0 fully saturated rings. The van der Waals surface area contributed by atoms with Crippen LogP contribution in [0.3, 0.4) is 0 Å². The van der Waals surface area contributed by atoms with Crippen molar-refractivity contribution >= 4 is 5.69 Å². The minimum atomic E-state index is -0.676. The monoisotopic (exact) mass is 247 g/mol. The van der Waals surface area contributed by atoms with Crippen LogP contribution in [0, 0.1) is 5.82 Å².